The quantitative estimate of drug-likeness (QED) is 0.396. The number of nitrogens with one attached hydrogen (secondary N) is 1. The third-order valence-corrected chi connectivity index (χ3v) is 5.66. The van der Waals surface area contributed by atoms with Crippen LogP contribution in [0.15, 0.2) is 73.2 Å². The Morgan fingerprint density at radius 2 is 1.80 bits per heavy atom. The van der Waals surface area contributed by atoms with Crippen molar-refractivity contribution in [3.63, 3.8) is 0 Å². The number of aromatic nitrogens is 3. The maximum absolute atomic E-state index is 6.68. The van der Waals surface area contributed by atoms with Crippen molar-refractivity contribution in [3.05, 3.63) is 89.3 Å². The van der Waals surface area contributed by atoms with Gasteiger partial charge in [0.1, 0.15) is 11.3 Å². The number of anilines is 2. The summed E-state index contributed by atoms with van der Waals surface area (Å²) in [5.74, 6) is 0.436. The minimum absolute atomic E-state index is 0.436. The highest BCUT2D eigenvalue weighted by Crippen LogP contribution is 2.41. The molecule has 30 heavy (non-hydrogen) atoms. The molecule has 0 aliphatic rings. The first-order valence-electron chi connectivity index (χ1n) is 9.71. The smallest absolute Gasteiger partial charge is 0.150 e. The molecule has 0 saturated heterocycles. The number of hydrogen-bond acceptors (Lipinski definition) is 4. The third kappa shape index (κ3) is 3.04. The average Bonchev–Trinajstić information content (AvgIpc) is 3.24. The Kier molecular flexibility index (Phi) is 4.52. The highest BCUT2D eigenvalue weighted by Gasteiger charge is 2.19. The third-order valence-electron chi connectivity index (χ3n) is 5.35. The fourth-order valence-corrected chi connectivity index (χ4v) is 4.20. The largest absolute Gasteiger partial charge is 0.382 e. The van der Waals surface area contributed by atoms with E-state index in [4.69, 9.17) is 22.3 Å². The van der Waals surface area contributed by atoms with Crippen molar-refractivity contribution in [2.75, 3.05) is 11.1 Å². The Morgan fingerprint density at radius 1 is 0.967 bits per heavy atom. The highest BCUT2D eigenvalue weighted by molar-refractivity contribution is 6.34. The normalized spacial score (nSPS) is 11.3. The predicted molar refractivity (Wildman–Crippen MR) is 124 cm³/mol. The first-order chi connectivity index (χ1) is 14.6. The van der Waals surface area contributed by atoms with Crippen molar-refractivity contribution in [2.24, 2.45) is 0 Å². The first-order valence-corrected chi connectivity index (χ1v) is 10.1. The summed E-state index contributed by atoms with van der Waals surface area (Å²) in [6, 6.07) is 20.3. The molecule has 6 heteroatoms. The van der Waals surface area contributed by atoms with Crippen LogP contribution in [0, 0.1) is 6.92 Å². The number of nitrogen functional groups attached to an aromatic ring is 1. The molecule has 0 aliphatic carbocycles. The molecule has 0 spiro atoms. The molecular formula is C24H20ClN5. The minimum atomic E-state index is 0.436. The fraction of sp³-hybridized carbons (Fsp3) is 0.0833. The van der Waals surface area contributed by atoms with Gasteiger partial charge in [0.25, 0.3) is 0 Å². The second-order valence-corrected chi connectivity index (χ2v) is 7.68. The van der Waals surface area contributed by atoms with Gasteiger partial charge in [0.2, 0.25) is 0 Å². The lowest BCUT2D eigenvalue weighted by Crippen LogP contribution is -2.05. The van der Waals surface area contributed by atoms with E-state index in [1.54, 1.807) is 12.5 Å². The van der Waals surface area contributed by atoms with Gasteiger partial charge in [-0.25, -0.2) is 9.97 Å². The van der Waals surface area contributed by atoms with Crippen LogP contribution in [-0.4, -0.2) is 14.4 Å². The zero-order valence-corrected chi connectivity index (χ0v) is 17.2. The molecule has 0 fully saturated rings. The van der Waals surface area contributed by atoms with Crippen molar-refractivity contribution in [3.8, 4) is 11.1 Å². The van der Waals surface area contributed by atoms with Crippen LogP contribution in [0.3, 0.4) is 0 Å². The number of halogens is 1. The maximum Gasteiger partial charge on any atom is 0.150 e. The van der Waals surface area contributed by atoms with Crippen LogP contribution in [0.4, 0.5) is 11.5 Å². The summed E-state index contributed by atoms with van der Waals surface area (Å²) in [5.41, 5.74) is 13.9. The van der Waals surface area contributed by atoms with E-state index >= 15 is 0 Å². The van der Waals surface area contributed by atoms with Crippen molar-refractivity contribution in [2.45, 2.75) is 13.5 Å². The molecule has 0 saturated carbocycles. The van der Waals surface area contributed by atoms with Crippen LogP contribution < -0.4 is 11.1 Å². The van der Waals surface area contributed by atoms with Gasteiger partial charge in [-0.1, -0.05) is 54.1 Å². The number of aryl methyl sites for hydroxylation is 1. The molecule has 5 rings (SSSR count). The van der Waals surface area contributed by atoms with Crippen molar-refractivity contribution >= 4 is 39.7 Å². The Labute approximate surface area is 179 Å². The molecule has 3 aromatic carbocycles. The zero-order chi connectivity index (χ0) is 20.7. The predicted octanol–water partition coefficient (Wildman–Crippen LogP) is 5.71. The van der Waals surface area contributed by atoms with Crippen LogP contribution in [0.25, 0.3) is 27.7 Å². The van der Waals surface area contributed by atoms with E-state index in [0.717, 1.165) is 38.9 Å². The molecule has 0 radical (unpaired) electrons. The van der Waals surface area contributed by atoms with Gasteiger partial charge in [-0.05, 0) is 36.2 Å². The summed E-state index contributed by atoms with van der Waals surface area (Å²) in [6.07, 6.45) is 3.49. The number of nitrogens with two attached hydrogens (primary N) is 1. The van der Waals surface area contributed by atoms with Crippen molar-refractivity contribution < 1.29 is 0 Å². The van der Waals surface area contributed by atoms with Gasteiger partial charge in [-0.3, -0.25) is 4.40 Å². The second kappa shape index (κ2) is 7.35. The van der Waals surface area contributed by atoms with E-state index in [1.807, 2.05) is 40.8 Å². The molecule has 0 unspecified atom stereocenters. The van der Waals surface area contributed by atoms with Crippen molar-refractivity contribution in [1.82, 2.24) is 14.4 Å². The van der Waals surface area contributed by atoms with Crippen LogP contribution >= 0.6 is 11.6 Å². The molecule has 2 heterocycles. The lowest BCUT2D eigenvalue weighted by atomic mass is 9.96. The Bertz CT molecular complexity index is 1360. The van der Waals surface area contributed by atoms with E-state index in [0.29, 0.717) is 17.4 Å². The van der Waals surface area contributed by atoms with Gasteiger partial charge in [-0.15, -0.1) is 0 Å². The molecule has 5 aromatic rings. The maximum atomic E-state index is 6.68. The van der Waals surface area contributed by atoms with Crippen LogP contribution in [0.2, 0.25) is 5.02 Å². The van der Waals surface area contributed by atoms with Gasteiger partial charge < -0.3 is 11.1 Å². The molecule has 5 nitrogen and oxygen atoms in total. The van der Waals surface area contributed by atoms with Gasteiger partial charge >= 0.3 is 0 Å². The van der Waals surface area contributed by atoms with E-state index in [9.17, 15) is 0 Å². The van der Waals surface area contributed by atoms with Gasteiger partial charge in [0.05, 0.1) is 23.6 Å². The lowest BCUT2D eigenvalue weighted by molar-refractivity contribution is 1.15. The number of rotatable bonds is 4. The SMILES string of the molecule is Cc1cccc(Cl)c1-c1c(NCc2ccccc2)ccc2c1nc(N)c1cncn12. The molecule has 148 valence electrons. The summed E-state index contributed by atoms with van der Waals surface area (Å²) in [5, 5.41) is 4.25. The zero-order valence-electron chi connectivity index (χ0n) is 16.4. The number of imidazole rings is 1. The number of nitrogens with zero attached hydrogens (tertiary/aromatic N) is 3. The number of hydrogen-bond donors (Lipinski definition) is 2. The number of fused-ring (bicyclic) bond motifs is 3. The van der Waals surface area contributed by atoms with E-state index in [1.165, 1.54) is 5.56 Å². The fourth-order valence-electron chi connectivity index (χ4n) is 3.88. The summed E-state index contributed by atoms with van der Waals surface area (Å²) in [6.45, 7) is 2.74. The van der Waals surface area contributed by atoms with Crippen molar-refractivity contribution in [1.29, 1.82) is 0 Å². The van der Waals surface area contributed by atoms with Gasteiger partial charge in [0, 0.05) is 28.4 Å². The van der Waals surface area contributed by atoms with Gasteiger partial charge in [-0.2, -0.15) is 0 Å². The second-order valence-electron chi connectivity index (χ2n) is 7.27. The summed E-state index contributed by atoms with van der Waals surface area (Å²) >= 11 is 6.68. The molecule has 3 N–H and O–H groups in total. The molecule has 0 atom stereocenters. The Hall–Kier alpha value is -3.57. The highest BCUT2D eigenvalue weighted by atomic mass is 35.5. The topological polar surface area (TPSA) is 68.2 Å². The molecule has 2 aromatic heterocycles. The van der Waals surface area contributed by atoms with E-state index in [-0.39, 0.29) is 0 Å². The summed E-state index contributed by atoms with van der Waals surface area (Å²) in [7, 11) is 0. The molecule has 0 bridgehead atoms. The minimum Gasteiger partial charge on any atom is -0.382 e. The van der Waals surface area contributed by atoms with Crippen LogP contribution in [0.1, 0.15) is 11.1 Å². The van der Waals surface area contributed by atoms with Crippen LogP contribution in [-0.2, 0) is 6.54 Å². The average molecular weight is 414 g/mol. The van der Waals surface area contributed by atoms with Gasteiger partial charge in [0.15, 0.2) is 0 Å². The van der Waals surface area contributed by atoms with E-state index < -0.39 is 0 Å². The molecule has 0 amide bonds. The Balaban J connectivity index is 1.78. The summed E-state index contributed by atoms with van der Waals surface area (Å²) in [4.78, 5) is 9.02. The first kappa shape index (κ1) is 18.5. The number of benzene rings is 3. The standard InChI is InChI=1S/C24H20ClN5/c1-15-6-5-9-17(25)21(15)22-18(28-12-16-7-3-2-4-8-16)10-11-19-23(22)29-24(26)20-13-27-14-30(19)20/h2-11,13-14,28H,12H2,1H3,(H2,26,29). The van der Waals surface area contributed by atoms with E-state index in [2.05, 4.69) is 41.5 Å². The lowest BCUT2D eigenvalue weighted by Gasteiger charge is -2.18. The molecule has 0 aliphatic heterocycles. The monoisotopic (exact) mass is 413 g/mol. The summed E-state index contributed by atoms with van der Waals surface area (Å²) < 4.78 is 1.97. The molecular weight excluding hydrogens is 394 g/mol. The Morgan fingerprint density at radius 3 is 2.60 bits per heavy atom. The van der Waals surface area contributed by atoms with Crippen LogP contribution in [0.5, 0.6) is 0 Å².